The highest BCUT2D eigenvalue weighted by Crippen LogP contribution is 2.31. The van der Waals surface area contributed by atoms with E-state index in [1.165, 1.54) is 19.3 Å². The molecule has 0 aliphatic heterocycles. The summed E-state index contributed by atoms with van der Waals surface area (Å²) < 4.78 is 5.42. The predicted octanol–water partition coefficient (Wildman–Crippen LogP) is 4.45. The quantitative estimate of drug-likeness (QED) is 0.847. The van der Waals surface area contributed by atoms with E-state index in [4.69, 9.17) is 16.3 Å². The average Bonchev–Trinajstić information content (AvgIpc) is 2.53. The Morgan fingerprint density at radius 1 is 1.24 bits per heavy atom. The molecule has 0 saturated heterocycles. The van der Waals surface area contributed by atoms with Gasteiger partial charge in [0.15, 0.2) is 0 Å². The SMILES string of the molecule is COc1cccc2c(NCC3CCCCC3Cl)nccc12. The van der Waals surface area contributed by atoms with Crippen molar-refractivity contribution >= 4 is 28.2 Å². The summed E-state index contributed by atoms with van der Waals surface area (Å²) in [4.78, 5) is 4.48. The maximum absolute atomic E-state index is 6.43. The smallest absolute Gasteiger partial charge is 0.133 e. The third kappa shape index (κ3) is 3.08. The molecule has 1 aromatic heterocycles. The number of halogens is 1. The van der Waals surface area contributed by atoms with Crippen LogP contribution >= 0.6 is 11.6 Å². The molecular weight excluding hydrogens is 284 g/mol. The molecule has 3 nitrogen and oxygen atoms in total. The monoisotopic (exact) mass is 304 g/mol. The van der Waals surface area contributed by atoms with E-state index in [0.717, 1.165) is 35.3 Å². The zero-order chi connectivity index (χ0) is 14.7. The van der Waals surface area contributed by atoms with Gasteiger partial charge < -0.3 is 10.1 Å². The second kappa shape index (κ2) is 6.52. The number of hydrogen-bond donors (Lipinski definition) is 1. The minimum atomic E-state index is 0.288. The van der Waals surface area contributed by atoms with Crippen molar-refractivity contribution in [1.82, 2.24) is 4.98 Å². The molecule has 0 radical (unpaired) electrons. The summed E-state index contributed by atoms with van der Waals surface area (Å²) in [6.45, 7) is 0.886. The molecule has 1 aromatic carbocycles. The van der Waals surface area contributed by atoms with Gasteiger partial charge in [0, 0.05) is 28.9 Å². The number of fused-ring (bicyclic) bond motifs is 1. The fourth-order valence-electron chi connectivity index (χ4n) is 3.12. The number of ether oxygens (including phenoxy) is 1. The zero-order valence-corrected chi connectivity index (χ0v) is 13.1. The van der Waals surface area contributed by atoms with Crippen LogP contribution in [0.15, 0.2) is 30.5 Å². The van der Waals surface area contributed by atoms with E-state index in [1.807, 2.05) is 24.4 Å². The zero-order valence-electron chi connectivity index (χ0n) is 12.3. The van der Waals surface area contributed by atoms with Crippen molar-refractivity contribution in [3.8, 4) is 5.75 Å². The largest absolute Gasteiger partial charge is 0.496 e. The summed E-state index contributed by atoms with van der Waals surface area (Å²) in [7, 11) is 1.70. The summed E-state index contributed by atoms with van der Waals surface area (Å²) in [6.07, 6.45) is 6.70. The summed E-state index contributed by atoms with van der Waals surface area (Å²) in [5.74, 6) is 2.33. The van der Waals surface area contributed by atoms with Crippen molar-refractivity contribution in [1.29, 1.82) is 0 Å². The molecule has 0 amide bonds. The van der Waals surface area contributed by atoms with E-state index in [2.05, 4.69) is 16.4 Å². The lowest BCUT2D eigenvalue weighted by Crippen LogP contribution is -2.27. The topological polar surface area (TPSA) is 34.1 Å². The Kier molecular flexibility index (Phi) is 4.49. The van der Waals surface area contributed by atoms with Crippen LogP contribution in [0.1, 0.15) is 25.7 Å². The van der Waals surface area contributed by atoms with Gasteiger partial charge in [-0.05, 0) is 30.9 Å². The van der Waals surface area contributed by atoms with Crippen LogP contribution < -0.4 is 10.1 Å². The molecule has 2 aromatic rings. The van der Waals surface area contributed by atoms with E-state index in [0.29, 0.717) is 5.92 Å². The van der Waals surface area contributed by atoms with Gasteiger partial charge in [-0.25, -0.2) is 4.98 Å². The Hall–Kier alpha value is -1.48. The molecule has 0 spiro atoms. The number of benzene rings is 1. The fraction of sp³-hybridized carbons (Fsp3) is 0.471. The normalized spacial score (nSPS) is 22.2. The molecule has 4 heteroatoms. The minimum absolute atomic E-state index is 0.288. The van der Waals surface area contributed by atoms with Gasteiger partial charge in [0.1, 0.15) is 11.6 Å². The predicted molar refractivity (Wildman–Crippen MR) is 88.4 cm³/mol. The van der Waals surface area contributed by atoms with Crippen LogP contribution in [0, 0.1) is 5.92 Å². The molecule has 1 saturated carbocycles. The molecule has 112 valence electrons. The average molecular weight is 305 g/mol. The number of rotatable bonds is 4. The number of nitrogens with zero attached hydrogens (tertiary/aromatic N) is 1. The third-order valence-corrected chi connectivity index (χ3v) is 4.91. The van der Waals surface area contributed by atoms with Crippen LogP contribution in [0.3, 0.4) is 0 Å². The molecule has 1 fully saturated rings. The number of anilines is 1. The number of hydrogen-bond acceptors (Lipinski definition) is 3. The van der Waals surface area contributed by atoms with Gasteiger partial charge >= 0.3 is 0 Å². The van der Waals surface area contributed by atoms with Gasteiger partial charge in [-0.3, -0.25) is 0 Å². The first kappa shape index (κ1) is 14.5. The molecule has 21 heavy (non-hydrogen) atoms. The third-order valence-electron chi connectivity index (χ3n) is 4.33. The van der Waals surface area contributed by atoms with Gasteiger partial charge in [0.2, 0.25) is 0 Å². The summed E-state index contributed by atoms with van der Waals surface area (Å²) >= 11 is 6.43. The highest BCUT2D eigenvalue weighted by molar-refractivity contribution is 6.20. The molecule has 1 aliphatic carbocycles. The fourth-order valence-corrected chi connectivity index (χ4v) is 3.49. The van der Waals surface area contributed by atoms with Gasteiger partial charge in [-0.2, -0.15) is 0 Å². The molecule has 0 bridgehead atoms. The number of nitrogens with one attached hydrogen (secondary N) is 1. The molecule has 1 N–H and O–H groups in total. The molecule has 2 atom stereocenters. The van der Waals surface area contributed by atoms with Crippen molar-refractivity contribution in [2.45, 2.75) is 31.1 Å². The first-order valence-electron chi connectivity index (χ1n) is 7.59. The number of aromatic nitrogens is 1. The second-order valence-corrected chi connectivity index (χ2v) is 6.22. The van der Waals surface area contributed by atoms with Gasteiger partial charge in [0.25, 0.3) is 0 Å². The van der Waals surface area contributed by atoms with Crippen molar-refractivity contribution < 1.29 is 4.74 Å². The maximum Gasteiger partial charge on any atom is 0.133 e. The van der Waals surface area contributed by atoms with Gasteiger partial charge in [0.05, 0.1) is 7.11 Å². The number of alkyl halides is 1. The van der Waals surface area contributed by atoms with Crippen LogP contribution in [0.25, 0.3) is 10.8 Å². The van der Waals surface area contributed by atoms with Crippen LogP contribution in [0.2, 0.25) is 0 Å². The highest BCUT2D eigenvalue weighted by Gasteiger charge is 2.23. The van der Waals surface area contributed by atoms with Crippen molar-refractivity contribution in [3.05, 3.63) is 30.5 Å². The molecule has 1 heterocycles. The highest BCUT2D eigenvalue weighted by atomic mass is 35.5. The van der Waals surface area contributed by atoms with E-state index in [9.17, 15) is 0 Å². The molecular formula is C17H21ClN2O. The van der Waals surface area contributed by atoms with E-state index in [1.54, 1.807) is 7.11 Å². The lowest BCUT2D eigenvalue weighted by Gasteiger charge is -2.27. The standard InChI is InChI=1S/C17H21ClN2O/c1-21-16-8-4-6-14-13(16)9-10-19-17(14)20-11-12-5-2-3-7-15(12)18/h4,6,8-10,12,15H,2-3,5,7,11H2,1H3,(H,19,20). The van der Waals surface area contributed by atoms with Crippen molar-refractivity contribution in [2.75, 3.05) is 19.0 Å². The lowest BCUT2D eigenvalue weighted by atomic mass is 9.89. The Bertz CT molecular complexity index is 617. The maximum atomic E-state index is 6.43. The first-order valence-corrected chi connectivity index (χ1v) is 8.03. The van der Waals surface area contributed by atoms with E-state index >= 15 is 0 Å². The summed E-state index contributed by atoms with van der Waals surface area (Å²) in [6, 6.07) is 8.04. The van der Waals surface area contributed by atoms with E-state index in [-0.39, 0.29) is 5.38 Å². The summed E-state index contributed by atoms with van der Waals surface area (Å²) in [5, 5.41) is 5.96. The second-order valence-electron chi connectivity index (χ2n) is 5.66. The van der Waals surface area contributed by atoms with Crippen LogP contribution in [0.4, 0.5) is 5.82 Å². The minimum Gasteiger partial charge on any atom is -0.496 e. The van der Waals surface area contributed by atoms with E-state index < -0.39 is 0 Å². The number of methoxy groups -OCH3 is 1. The Morgan fingerprint density at radius 2 is 2.10 bits per heavy atom. The summed E-state index contributed by atoms with van der Waals surface area (Å²) in [5.41, 5.74) is 0. The van der Waals surface area contributed by atoms with Crippen molar-refractivity contribution in [3.63, 3.8) is 0 Å². The molecule has 2 unspecified atom stereocenters. The van der Waals surface area contributed by atoms with Crippen LogP contribution in [0.5, 0.6) is 5.75 Å². The van der Waals surface area contributed by atoms with Crippen molar-refractivity contribution in [2.24, 2.45) is 5.92 Å². The number of pyridine rings is 1. The van der Waals surface area contributed by atoms with Gasteiger partial charge in [-0.15, -0.1) is 11.6 Å². The Balaban J connectivity index is 1.80. The molecule has 1 aliphatic rings. The Morgan fingerprint density at radius 3 is 2.90 bits per heavy atom. The molecule has 3 rings (SSSR count). The van der Waals surface area contributed by atoms with Crippen LogP contribution in [-0.2, 0) is 0 Å². The Labute approximate surface area is 130 Å². The van der Waals surface area contributed by atoms with Crippen LogP contribution in [-0.4, -0.2) is 24.0 Å². The first-order chi connectivity index (χ1) is 10.3. The lowest BCUT2D eigenvalue weighted by molar-refractivity contribution is 0.380. The van der Waals surface area contributed by atoms with Gasteiger partial charge in [-0.1, -0.05) is 25.0 Å².